The van der Waals surface area contributed by atoms with Crippen LogP contribution in [0.25, 0.3) is 11.4 Å². The molecule has 6 heteroatoms. The van der Waals surface area contributed by atoms with Gasteiger partial charge in [-0.05, 0) is 24.6 Å². The van der Waals surface area contributed by atoms with Crippen molar-refractivity contribution in [3.63, 3.8) is 0 Å². The second kappa shape index (κ2) is 7.14. The zero-order valence-corrected chi connectivity index (χ0v) is 13.7. The van der Waals surface area contributed by atoms with Crippen LogP contribution in [0.15, 0.2) is 48.5 Å². The number of nitrogens with zero attached hydrogens (tertiary/aromatic N) is 2. The minimum absolute atomic E-state index is 0.431. The van der Waals surface area contributed by atoms with Crippen LogP contribution in [0.5, 0.6) is 11.5 Å². The van der Waals surface area contributed by atoms with Gasteiger partial charge in [-0.3, -0.25) is 5.10 Å². The molecule has 0 aliphatic carbocycles. The molecule has 0 bridgehead atoms. The minimum Gasteiger partial charge on any atom is -0.493 e. The van der Waals surface area contributed by atoms with Gasteiger partial charge in [0.25, 0.3) is 0 Å². The van der Waals surface area contributed by atoms with Crippen LogP contribution < -0.4 is 15.2 Å². The number of ether oxygens (including phenoxy) is 2. The van der Waals surface area contributed by atoms with E-state index in [2.05, 4.69) is 15.2 Å². The SMILES string of the molecule is CCOc1ccc(C(N)c2nc(-c3ccccc3)n[nH]2)cc1OC. The van der Waals surface area contributed by atoms with Crippen molar-refractivity contribution in [2.24, 2.45) is 5.73 Å². The van der Waals surface area contributed by atoms with Gasteiger partial charge in [-0.1, -0.05) is 36.4 Å². The Morgan fingerprint density at radius 3 is 2.62 bits per heavy atom. The highest BCUT2D eigenvalue weighted by Crippen LogP contribution is 2.31. The van der Waals surface area contributed by atoms with Gasteiger partial charge >= 0.3 is 0 Å². The van der Waals surface area contributed by atoms with Crippen molar-refractivity contribution in [3.05, 3.63) is 59.9 Å². The van der Waals surface area contributed by atoms with Crippen molar-refractivity contribution in [1.82, 2.24) is 15.2 Å². The summed E-state index contributed by atoms with van der Waals surface area (Å²) in [6, 6.07) is 15.0. The first-order valence-corrected chi connectivity index (χ1v) is 7.77. The molecule has 0 spiro atoms. The van der Waals surface area contributed by atoms with Gasteiger partial charge in [0.1, 0.15) is 5.82 Å². The second-order valence-corrected chi connectivity index (χ2v) is 5.23. The predicted molar refractivity (Wildman–Crippen MR) is 92.0 cm³/mol. The summed E-state index contributed by atoms with van der Waals surface area (Å²) in [6.45, 7) is 2.50. The number of aromatic nitrogens is 3. The largest absolute Gasteiger partial charge is 0.493 e. The van der Waals surface area contributed by atoms with E-state index in [-0.39, 0.29) is 0 Å². The molecule has 0 radical (unpaired) electrons. The van der Waals surface area contributed by atoms with Gasteiger partial charge in [0.15, 0.2) is 17.3 Å². The fraction of sp³-hybridized carbons (Fsp3) is 0.222. The molecule has 0 saturated carbocycles. The molecule has 0 amide bonds. The third kappa shape index (κ3) is 3.23. The predicted octanol–water partition coefficient (Wildman–Crippen LogP) is 2.93. The molecule has 2 aromatic carbocycles. The van der Waals surface area contributed by atoms with Gasteiger partial charge in [0.05, 0.1) is 19.8 Å². The molecule has 0 aliphatic rings. The van der Waals surface area contributed by atoms with E-state index in [1.165, 1.54) is 0 Å². The number of rotatable bonds is 6. The fourth-order valence-electron chi connectivity index (χ4n) is 2.44. The fourth-order valence-corrected chi connectivity index (χ4v) is 2.44. The van der Waals surface area contributed by atoms with Crippen molar-refractivity contribution in [3.8, 4) is 22.9 Å². The summed E-state index contributed by atoms with van der Waals surface area (Å²) in [5.41, 5.74) is 8.13. The molecule has 1 aromatic heterocycles. The summed E-state index contributed by atoms with van der Waals surface area (Å²) in [6.07, 6.45) is 0. The Morgan fingerprint density at radius 1 is 1.12 bits per heavy atom. The molecule has 0 saturated heterocycles. The number of aromatic amines is 1. The molecular weight excluding hydrogens is 304 g/mol. The van der Waals surface area contributed by atoms with Crippen LogP contribution in [0.3, 0.4) is 0 Å². The van der Waals surface area contributed by atoms with Crippen molar-refractivity contribution in [2.75, 3.05) is 13.7 Å². The number of nitrogens with two attached hydrogens (primary N) is 1. The number of hydrogen-bond donors (Lipinski definition) is 2. The first-order chi connectivity index (χ1) is 11.7. The van der Waals surface area contributed by atoms with E-state index in [1.807, 2.05) is 55.5 Å². The Morgan fingerprint density at radius 2 is 1.92 bits per heavy atom. The molecule has 3 N–H and O–H groups in total. The first kappa shape index (κ1) is 16.0. The number of nitrogens with one attached hydrogen (secondary N) is 1. The molecule has 0 aliphatic heterocycles. The van der Waals surface area contributed by atoms with Gasteiger partial charge in [-0.25, -0.2) is 4.98 Å². The van der Waals surface area contributed by atoms with Gasteiger partial charge < -0.3 is 15.2 Å². The highest BCUT2D eigenvalue weighted by atomic mass is 16.5. The highest BCUT2D eigenvalue weighted by Gasteiger charge is 2.17. The molecular formula is C18H20N4O2. The quantitative estimate of drug-likeness (QED) is 0.728. The lowest BCUT2D eigenvalue weighted by atomic mass is 10.1. The van der Waals surface area contributed by atoms with Crippen LogP contribution in [0.1, 0.15) is 24.4 Å². The van der Waals surface area contributed by atoms with Crippen LogP contribution in [0, 0.1) is 0 Å². The zero-order chi connectivity index (χ0) is 16.9. The van der Waals surface area contributed by atoms with Crippen LogP contribution in [-0.4, -0.2) is 28.9 Å². The van der Waals surface area contributed by atoms with Crippen LogP contribution in [-0.2, 0) is 0 Å². The highest BCUT2D eigenvalue weighted by molar-refractivity contribution is 5.54. The van der Waals surface area contributed by atoms with E-state index in [0.29, 0.717) is 29.8 Å². The Kier molecular flexibility index (Phi) is 4.77. The number of hydrogen-bond acceptors (Lipinski definition) is 5. The lowest BCUT2D eigenvalue weighted by molar-refractivity contribution is 0.310. The Balaban J connectivity index is 1.87. The molecule has 1 unspecified atom stereocenters. The van der Waals surface area contributed by atoms with Crippen molar-refractivity contribution in [2.45, 2.75) is 13.0 Å². The third-order valence-corrected chi connectivity index (χ3v) is 3.68. The number of benzene rings is 2. The molecule has 3 aromatic rings. The Hall–Kier alpha value is -2.86. The monoisotopic (exact) mass is 324 g/mol. The summed E-state index contributed by atoms with van der Waals surface area (Å²) in [7, 11) is 1.61. The van der Waals surface area contributed by atoms with Gasteiger partial charge in [0.2, 0.25) is 0 Å². The van der Waals surface area contributed by atoms with E-state index in [4.69, 9.17) is 15.2 Å². The topological polar surface area (TPSA) is 86.0 Å². The molecule has 1 heterocycles. The molecule has 3 rings (SSSR count). The maximum absolute atomic E-state index is 6.33. The van der Waals surface area contributed by atoms with Crippen LogP contribution in [0.4, 0.5) is 0 Å². The average molecular weight is 324 g/mol. The Bertz CT molecular complexity index is 802. The summed E-state index contributed by atoms with van der Waals surface area (Å²) < 4.78 is 10.9. The number of H-pyrrole nitrogens is 1. The summed E-state index contributed by atoms with van der Waals surface area (Å²) in [4.78, 5) is 4.51. The lowest BCUT2D eigenvalue weighted by Gasteiger charge is -2.13. The van der Waals surface area contributed by atoms with Gasteiger partial charge in [-0.2, -0.15) is 5.10 Å². The van der Waals surface area contributed by atoms with Crippen molar-refractivity contribution in [1.29, 1.82) is 0 Å². The van der Waals surface area contributed by atoms with E-state index >= 15 is 0 Å². The molecule has 24 heavy (non-hydrogen) atoms. The molecule has 0 fully saturated rings. The molecule has 124 valence electrons. The Labute approximate surface area is 140 Å². The average Bonchev–Trinajstić information content (AvgIpc) is 3.12. The van der Waals surface area contributed by atoms with Crippen molar-refractivity contribution >= 4 is 0 Å². The normalized spacial score (nSPS) is 12.0. The number of methoxy groups -OCH3 is 1. The lowest BCUT2D eigenvalue weighted by Crippen LogP contribution is -2.14. The zero-order valence-electron chi connectivity index (χ0n) is 13.7. The standard InChI is InChI=1S/C18H20N4O2/c1-3-24-14-10-9-13(11-15(14)23-2)16(19)18-20-17(21-22-18)12-7-5-4-6-8-12/h4-11,16H,3,19H2,1-2H3,(H,20,21,22). The van der Waals surface area contributed by atoms with E-state index in [9.17, 15) is 0 Å². The second-order valence-electron chi connectivity index (χ2n) is 5.23. The van der Waals surface area contributed by atoms with Gasteiger partial charge in [0, 0.05) is 5.56 Å². The van der Waals surface area contributed by atoms with E-state index in [1.54, 1.807) is 7.11 Å². The van der Waals surface area contributed by atoms with E-state index < -0.39 is 6.04 Å². The maximum atomic E-state index is 6.33. The minimum atomic E-state index is -0.431. The third-order valence-electron chi connectivity index (χ3n) is 3.68. The molecule has 1 atom stereocenters. The van der Waals surface area contributed by atoms with E-state index in [0.717, 1.165) is 11.1 Å². The van der Waals surface area contributed by atoms with Gasteiger partial charge in [-0.15, -0.1) is 0 Å². The summed E-state index contributed by atoms with van der Waals surface area (Å²) in [5.74, 6) is 2.56. The first-order valence-electron chi connectivity index (χ1n) is 7.77. The van der Waals surface area contributed by atoms with Crippen LogP contribution in [0.2, 0.25) is 0 Å². The molecule has 6 nitrogen and oxygen atoms in total. The smallest absolute Gasteiger partial charge is 0.181 e. The summed E-state index contributed by atoms with van der Waals surface area (Å²) >= 11 is 0. The van der Waals surface area contributed by atoms with Crippen LogP contribution >= 0.6 is 0 Å². The van der Waals surface area contributed by atoms with Crippen molar-refractivity contribution < 1.29 is 9.47 Å². The summed E-state index contributed by atoms with van der Waals surface area (Å²) in [5, 5.41) is 7.17. The maximum Gasteiger partial charge on any atom is 0.181 e.